The van der Waals surface area contributed by atoms with Gasteiger partial charge in [-0.3, -0.25) is 0 Å². The van der Waals surface area contributed by atoms with Crippen LogP contribution in [0.15, 0.2) is 10.9 Å². The number of nitrogens with zero attached hydrogens (tertiary/aromatic N) is 3. The number of amides is 1. The standard InChI is InChI=1S/C18H30N4O3/c1-18(2,3)25-17(23)22-10-5-4-9-15(22)13-7-6-8-14(13)19-11-16-20-12-24-21-16/h12-15,19H,4-11H2,1-3H3. The molecule has 1 saturated carbocycles. The van der Waals surface area contributed by atoms with Crippen LogP contribution in [0.3, 0.4) is 0 Å². The highest BCUT2D eigenvalue weighted by Crippen LogP contribution is 2.36. The van der Waals surface area contributed by atoms with Gasteiger partial charge in [-0.25, -0.2) is 4.79 Å². The van der Waals surface area contributed by atoms with Crippen LogP contribution in [-0.4, -0.2) is 45.4 Å². The van der Waals surface area contributed by atoms with Gasteiger partial charge in [0.1, 0.15) is 5.60 Å². The third-order valence-corrected chi connectivity index (χ3v) is 5.17. The van der Waals surface area contributed by atoms with Crippen molar-refractivity contribution in [2.75, 3.05) is 6.54 Å². The summed E-state index contributed by atoms with van der Waals surface area (Å²) in [4.78, 5) is 18.7. The zero-order valence-corrected chi connectivity index (χ0v) is 15.5. The van der Waals surface area contributed by atoms with E-state index in [0.717, 1.165) is 32.2 Å². The molecule has 0 bridgehead atoms. The molecule has 1 aliphatic carbocycles. The molecule has 7 nitrogen and oxygen atoms in total. The molecule has 25 heavy (non-hydrogen) atoms. The number of ether oxygens (including phenoxy) is 1. The summed E-state index contributed by atoms with van der Waals surface area (Å²) in [7, 11) is 0. The van der Waals surface area contributed by atoms with Gasteiger partial charge in [0.05, 0.1) is 6.54 Å². The number of hydrogen-bond acceptors (Lipinski definition) is 6. The lowest BCUT2D eigenvalue weighted by atomic mass is 9.87. The van der Waals surface area contributed by atoms with Gasteiger partial charge in [0.15, 0.2) is 5.82 Å². The molecule has 1 saturated heterocycles. The lowest BCUT2D eigenvalue weighted by Gasteiger charge is -2.41. The molecule has 3 unspecified atom stereocenters. The van der Waals surface area contributed by atoms with Crippen LogP contribution in [0.25, 0.3) is 0 Å². The Bertz CT molecular complexity index is 555. The number of carbonyl (C=O) groups is 1. The fraction of sp³-hybridized carbons (Fsp3) is 0.833. The molecule has 0 spiro atoms. The minimum absolute atomic E-state index is 0.166. The van der Waals surface area contributed by atoms with Gasteiger partial charge in [-0.15, -0.1) is 0 Å². The monoisotopic (exact) mass is 350 g/mol. The highest BCUT2D eigenvalue weighted by atomic mass is 16.6. The first kappa shape index (κ1) is 18.2. The first-order valence-corrected chi connectivity index (χ1v) is 9.42. The number of piperidine rings is 1. The molecule has 7 heteroatoms. The van der Waals surface area contributed by atoms with E-state index in [2.05, 4.69) is 15.5 Å². The predicted molar refractivity (Wildman–Crippen MR) is 92.8 cm³/mol. The Hall–Kier alpha value is -1.63. The smallest absolute Gasteiger partial charge is 0.410 e. The maximum Gasteiger partial charge on any atom is 0.410 e. The molecule has 3 rings (SSSR count). The molecule has 1 N–H and O–H groups in total. The van der Waals surface area contributed by atoms with Crippen molar-refractivity contribution in [3.8, 4) is 0 Å². The van der Waals surface area contributed by atoms with E-state index < -0.39 is 5.60 Å². The van der Waals surface area contributed by atoms with Gasteiger partial charge >= 0.3 is 6.09 Å². The van der Waals surface area contributed by atoms with Crippen LogP contribution >= 0.6 is 0 Å². The van der Waals surface area contributed by atoms with Gasteiger partial charge < -0.3 is 19.5 Å². The molecular formula is C18H30N4O3. The number of carbonyl (C=O) groups excluding carboxylic acids is 1. The molecule has 2 fully saturated rings. The van der Waals surface area contributed by atoms with Crippen LogP contribution in [0.1, 0.15) is 65.1 Å². The summed E-state index contributed by atoms with van der Waals surface area (Å²) in [5.74, 6) is 1.14. The molecule has 2 heterocycles. The minimum Gasteiger partial charge on any atom is -0.444 e. The second-order valence-corrected chi connectivity index (χ2v) is 8.17. The summed E-state index contributed by atoms with van der Waals surface area (Å²) in [5, 5.41) is 7.44. The first-order valence-electron chi connectivity index (χ1n) is 9.42. The molecular weight excluding hydrogens is 320 g/mol. The van der Waals surface area contributed by atoms with E-state index in [1.807, 2.05) is 25.7 Å². The van der Waals surface area contributed by atoms with Crippen LogP contribution in [0.2, 0.25) is 0 Å². The Morgan fingerprint density at radius 1 is 1.32 bits per heavy atom. The van der Waals surface area contributed by atoms with Gasteiger partial charge in [0.2, 0.25) is 6.39 Å². The minimum atomic E-state index is -0.453. The maximum absolute atomic E-state index is 12.7. The topological polar surface area (TPSA) is 80.5 Å². The van der Waals surface area contributed by atoms with Crippen molar-refractivity contribution in [3.63, 3.8) is 0 Å². The zero-order valence-electron chi connectivity index (χ0n) is 15.5. The van der Waals surface area contributed by atoms with Crippen molar-refractivity contribution in [3.05, 3.63) is 12.2 Å². The van der Waals surface area contributed by atoms with Gasteiger partial charge in [0, 0.05) is 18.6 Å². The largest absolute Gasteiger partial charge is 0.444 e. The normalized spacial score (nSPS) is 27.5. The van der Waals surface area contributed by atoms with Crippen LogP contribution in [0, 0.1) is 5.92 Å². The summed E-state index contributed by atoms with van der Waals surface area (Å²) in [5.41, 5.74) is -0.453. The van der Waals surface area contributed by atoms with E-state index in [4.69, 9.17) is 9.26 Å². The quantitative estimate of drug-likeness (QED) is 0.898. The van der Waals surface area contributed by atoms with Crippen molar-refractivity contribution >= 4 is 6.09 Å². The summed E-state index contributed by atoms with van der Waals surface area (Å²) in [6.45, 7) is 7.18. The number of hydrogen-bond donors (Lipinski definition) is 1. The van der Waals surface area contributed by atoms with E-state index >= 15 is 0 Å². The average Bonchev–Trinajstić information content (AvgIpc) is 3.22. The number of aromatic nitrogens is 2. The summed E-state index contributed by atoms with van der Waals surface area (Å²) >= 11 is 0. The lowest BCUT2D eigenvalue weighted by Crippen LogP contribution is -2.52. The van der Waals surface area contributed by atoms with Crippen LogP contribution in [0.4, 0.5) is 4.79 Å². The predicted octanol–water partition coefficient (Wildman–Crippen LogP) is 3.12. The molecule has 3 atom stereocenters. The number of rotatable bonds is 4. The highest BCUT2D eigenvalue weighted by Gasteiger charge is 2.40. The molecule has 0 aromatic carbocycles. The summed E-state index contributed by atoms with van der Waals surface area (Å²) in [6.07, 6.45) is 7.95. The Balaban J connectivity index is 1.64. The van der Waals surface area contributed by atoms with Crippen molar-refractivity contribution in [1.29, 1.82) is 0 Å². The average molecular weight is 350 g/mol. The van der Waals surface area contributed by atoms with Gasteiger partial charge in [-0.05, 0) is 58.8 Å². The van der Waals surface area contributed by atoms with Gasteiger partial charge in [-0.1, -0.05) is 11.6 Å². The molecule has 1 aliphatic heterocycles. The molecule has 1 aromatic heterocycles. The maximum atomic E-state index is 12.7. The van der Waals surface area contributed by atoms with E-state index in [1.165, 1.54) is 19.2 Å². The van der Waals surface area contributed by atoms with E-state index in [9.17, 15) is 4.79 Å². The fourth-order valence-electron chi connectivity index (χ4n) is 4.15. The Morgan fingerprint density at radius 2 is 2.16 bits per heavy atom. The van der Waals surface area contributed by atoms with Crippen LogP contribution < -0.4 is 5.32 Å². The third-order valence-electron chi connectivity index (χ3n) is 5.17. The van der Waals surface area contributed by atoms with E-state index in [-0.39, 0.29) is 12.1 Å². The van der Waals surface area contributed by atoms with Crippen molar-refractivity contribution in [2.45, 2.75) is 83.5 Å². The molecule has 1 aromatic rings. The Labute approximate surface area is 149 Å². The second kappa shape index (κ2) is 7.72. The highest BCUT2D eigenvalue weighted by molar-refractivity contribution is 5.68. The van der Waals surface area contributed by atoms with Crippen LogP contribution in [-0.2, 0) is 11.3 Å². The number of likely N-dealkylation sites (tertiary alicyclic amines) is 1. The third kappa shape index (κ3) is 4.71. The SMILES string of the molecule is CC(C)(C)OC(=O)N1CCCCC1C1CCCC1NCc1ncon1. The van der Waals surface area contributed by atoms with Crippen molar-refractivity contribution in [1.82, 2.24) is 20.4 Å². The molecule has 140 valence electrons. The van der Waals surface area contributed by atoms with Gasteiger partial charge in [0.25, 0.3) is 0 Å². The molecule has 1 amide bonds. The van der Waals surface area contributed by atoms with E-state index in [1.54, 1.807) is 0 Å². The Kier molecular flexibility index (Phi) is 5.61. The van der Waals surface area contributed by atoms with Crippen LogP contribution in [0.5, 0.6) is 0 Å². The van der Waals surface area contributed by atoms with Gasteiger partial charge in [-0.2, -0.15) is 4.98 Å². The zero-order chi connectivity index (χ0) is 17.9. The first-order chi connectivity index (χ1) is 11.9. The molecule has 2 aliphatic rings. The fourth-order valence-corrected chi connectivity index (χ4v) is 4.15. The Morgan fingerprint density at radius 3 is 2.88 bits per heavy atom. The van der Waals surface area contributed by atoms with Crippen molar-refractivity contribution in [2.24, 2.45) is 5.92 Å². The second-order valence-electron chi connectivity index (χ2n) is 8.17. The molecule has 0 radical (unpaired) electrons. The lowest BCUT2D eigenvalue weighted by molar-refractivity contribution is -0.000159. The summed E-state index contributed by atoms with van der Waals surface area (Å²) < 4.78 is 10.5. The van der Waals surface area contributed by atoms with E-state index in [0.29, 0.717) is 24.3 Å². The summed E-state index contributed by atoms with van der Waals surface area (Å²) in [6, 6.07) is 0.639. The number of nitrogens with one attached hydrogen (secondary N) is 1. The van der Waals surface area contributed by atoms with Crippen molar-refractivity contribution < 1.29 is 14.1 Å².